The minimum absolute atomic E-state index is 0.0731. The Morgan fingerprint density at radius 2 is 1.13 bits per heavy atom. The predicted octanol–water partition coefficient (Wildman–Crippen LogP) is 1.97. The van der Waals surface area contributed by atoms with E-state index in [2.05, 4.69) is 21.3 Å². The second-order valence-electron chi connectivity index (χ2n) is 13.2. The van der Waals surface area contributed by atoms with Gasteiger partial charge in [-0.05, 0) is 50.3 Å². The topological polar surface area (TPSA) is 204 Å². The van der Waals surface area contributed by atoms with Gasteiger partial charge in [-0.1, -0.05) is 91.0 Å². The number of esters is 1. The molecule has 0 spiro atoms. The van der Waals surface area contributed by atoms with E-state index in [0.29, 0.717) is 0 Å². The summed E-state index contributed by atoms with van der Waals surface area (Å²) in [5.41, 5.74) is 3.00. The fourth-order valence-electron chi connectivity index (χ4n) is 5.29. The van der Waals surface area contributed by atoms with Crippen LogP contribution in [0.3, 0.4) is 0 Å². The summed E-state index contributed by atoms with van der Waals surface area (Å²) in [5.74, 6) is -3.28. The molecular weight excluding hydrogens is 670 g/mol. The Labute approximate surface area is 303 Å². The van der Waals surface area contributed by atoms with Crippen molar-refractivity contribution in [2.45, 2.75) is 82.3 Å². The second-order valence-corrected chi connectivity index (χ2v) is 13.2. The molecule has 0 aliphatic carbocycles. The molecule has 14 nitrogen and oxygen atoms in total. The molecule has 0 fully saturated rings. The number of carbonyl (C=O) groups excluding carboxylic acids is 5. The van der Waals surface area contributed by atoms with Gasteiger partial charge in [-0.3, -0.25) is 19.6 Å². The largest absolute Gasteiger partial charge is 0.467 e. The number of nitrogens with one attached hydrogen (secondary N) is 5. The third kappa shape index (κ3) is 14.5. The zero-order valence-corrected chi connectivity index (χ0v) is 29.8. The molecule has 0 aromatic heterocycles. The van der Waals surface area contributed by atoms with E-state index in [1.54, 1.807) is 75.4 Å². The normalized spacial score (nSPS) is 14.0. The van der Waals surface area contributed by atoms with Crippen molar-refractivity contribution in [1.29, 1.82) is 0 Å². The van der Waals surface area contributed by atoms with Crippen molar-refractivity contribution >= 4 is 29.8 Å². The molecule has 0 aliphatic rings. The third-order valence-corrected chi connectivity index (χ3v) is 7.87. The van der Waals surface area contributed by atoms with Gasteiger partial charge in [0, 0.05) is 13.0 Å². The monoisotopic (exact) mass is 719 g/mol. The number of aliphatic hydroxyl groups excluding tert-OH is 1. The van der Waals surface area contributed by atoms with Crippen molar-refractivity contribution < 1.29 is 43.8 Å². The van der Waals surface area contributed by atoms with Crippen LogP contribution in [0.2, 0.25) is 0 Å². The van der Waals surface area contributed by atoms with Crippen LogP contribution < -0.4 is 26.7 Å². The Kier molecular flexibility index (Phi) is 16.2. The quantitative estimate of drug-likeness (QED) is 0.0579. The first-order valence-corrected chi connectivity index (χ1v) is 16.9. The standard InChI is InChI=1S/C38H49N5O9/c1-38(2,3)52-37(49)42-28(20-25-14-8-5-9-15-25)32(44)24-39-29(21-26-16-10-6-11-17-26)34(46)40-30(23-33(45)43-50)35(47)41-31(36(48)51-4)22-27-18-12-7-13-19-27/h5-19,28-32,39,44,50H,20-24H2,1-4H3,(H,40,46)(H,41,47)(H,42,49)(H,43,45)/t28-,29-,30-,31-,32?/m0/s1. The van der Waals surface area contributed by atoms with E-state index >= 15 is 0 Å². The molecule has 0 radical (unpaired) electrons. The molecule has 0 bridgehead atoms. The van der Waals surface area contributed by atoms with E-state index in [9.17, 15) is 34.3 Å². The summed E-state index contributed by atoms with van der Waals surface area (Å²) in [6.07, 6.45) is -2.16. The molecule has 1 unspecified atom stereocenters. The van der Waals surface area contributed by atoms with Gasteiger partial charge in [0.2, 0.25) is 17.7 Å². The van der Waals surface area contributed by atoms with Crippen LogP contribution in [0.25, 0.3) is 0 Å². The number of aliphatic hydroxyl groups is 1. The molecule has 52 heavy (non-hydrogen) atoms. The second kappa shape index (κ2) is 20.5. The van der Waals surface area contributed by atoms with Crippen molar-refractivity contribution in [3.63, 3.8) is 0 Å². The van der Waals surface area contributed by atoms with E-state index < -0.39 is 72.1 Å². The molecule has 3 aromatic carbocycles. The van der Waals surface area contributed by atoms with Gasteiger partial charge in [-0.25, -0.2) is 15.1 Å². The molecular formula is C38H49N5O9. The lowest BCUT2D eigenvalue weighted by Crippen LogP contribution is -2.58. The molecule has 3 rings (SSSR count). The van der Waals surface area contributed by atoms with Crippen molar-refractivity contribution in [3.05, 3.63) is 108 Å². The van der Waals surface area contributed by atoms with E-state index in [0.717, 1.165) is 16.7 Å². The number of hydrogen-bond acceptors (Lipinski definition) is 10. The number of hydrogen-bond donors (Lipinski definition) is 7. The summed E-state index contributed by atoms with van der Waals surface area (Å²) < 4.78 is 10.3. The number of alkyl carbamates (subject to hydrolysis) is 1. The first kappa shape index (κ1) is 41.1. The van der Waals surface area contributed by atoms with Crippen molar-refractivity contribution in [2.75, 3.05) is 13.7 Å². The number of carbonyl (C=O) groups is 5. The molecule has 5 atom stereocenters. The van der Waals surface area contributed by atoms with E-state index in [4.69, 9.17) is 9.47 Å². The van der Waals surface area contributed by atoms with Gasteiger partial charge in [0.25, 0.3) is 0 Å². The highest BCUT2D eigenvalue weighted by molar-refractivity contribution is 5.95. The lowest BCUT2D eigenvalue weighted by atomic mass is 10.00. The minimum Gasteiger partial charge on any atom is -0.467 e. The molecule has 0 aliphatic heterocycles. The average Bonchev–Trinajstić information content (AvgIpc) is 3.12. The Hall–Kier alpha value is -5.31. The first-order chi connectivity index (χ1) is 24.8. The molecule has 0 saturated carbocycles. The molecule has 0 heterocycles. The average molecular weight is 720 g/mol. The van der Waals surface area contributed by atoms with Crippen molar-refractivity contribution in [1.82, 2.24) is 26.7 Å². The number of ether oxygens (including phenoxy) is 2. The Morgan fingerprint density at radius 1 is 0.673 bits per heavy atom. The van der Waals surface area contributed by atoms with Crippen molar-refractivity contribution in [2.24, 2.45) is 0 Å². The molecule has 4 amide bonds. The maximum atomic E-state index is 13.9. The summed E-state index contributed by atoms with van der Waals surface area (Å²) >= 11 is 0. The Bertz CT molecular complexity index is 1590. The zero-order valence-electron chi connectivity index (χ0n) is 29.8. The van der Waals surface area contributed by atoms with Crippen LogP contribution >= 0.6 is 0 Å². The fourth-order valence-corrected chi connectivity index (χ4v) is 5.29. The van der Waals surface area contributed by atoms with Crippen LogP contribution in [-0.4, -0.2) is 89.6 Å². The van der Waals surface area contributed by atoms with Crippen LogP contribution in [0.4, 0.5) is 4.79 Å². The molecule has 7 N–H and O–H groups in total. The van der Waals surface area contributed by atoms with E-state index in [-0.39, 0.29) is 25.8 Å². The molecule has 14 heteroatoms. The number of rotatable bonds is 18. The molecule has 280 valence electrons. The summed E-state index contributed by atoms with van der Waals surface area (Å²) in [6, 6.07) is 22.6. The number of amides is 4. The van der Waals surface area contributed by atoms with E-state index in [1.807, 2.05) is 36.4 Å². The predicted molar refractivity (Wildman–Crippen MR) is 192 cm³/mol. The van der Waals surface area contributed by atoms with Crippen LogP contribution in [0.5, 0.6) is 0 Å². The molecule has 0 saturated heterocycles. The highest BCUT2D eigenvalue weighted by Gasteiger charge is 2.32. The van der Waals surface area contributed by atoms with Gasteiger partial charge in [0.05, 0.1) is 31.7 Å². The first-order valence-electron chi connectivity index (χ1n) is 16.9. The van der Waals surface area contributed by atoms with Gasteiger partial charge in [0.1, 0.15) is 17.7 Å². The summed E-state index contributed by atoms with van der Waals surface area (Å²) in [7, 11) is 1.17. The zero-order chi connectivity index (χ0) is 38.1. The highest BCUT2D eigenvalue weighted by Crippen LogP contribution is 2.12. The van der Waals surface area contributed by atoms with Crippen LogP contribution in [0.15, 0.2) is 91.0 Å². The molecule has 3 aromatic rings. The number of benzene rings is 3. The summed E-state index contributed by atoms with van der Waals surface area (Å²) in [6.45, 7) is 4.99. The van der Waals surface area contributed by atoms with Gasteiger partial charge in [-0.2, -0.15) is 0 Å². The minimum atomic E-state index is -1.52. The summed E-state index contributed by atoms with van der Waals surface area (Å²) in [4.78, 5) is 65.1. The number of hydroxylamine groups is 1. The van der Waals surface area contributed by atoms with Crippen LogP contribution in [0, 0.1) is 0 Å². The van der Waals surface area contributed by atoms with Gasteiger partial charge < -0.3 is 35.8 Å². The Morgan fingerprint density at radius 3 is 1.62 bits per heavy atom. The Balaban J connectivity index is 1.83. The number of methoxy groups -OCH3 is 1. The fraction of sp³-hybridized carbons (Fsp3) is 0.395. The third-order valence-electron chi connectivity index (χ3n) is 7.87. The lowest BCUT2D eigenvalue weighted by Gasteiger charge is -2.29. The van der Waals surface area contributed by atoms with Crippen LogP contribution in [-0.2, 0) is 47.9 Å². The maximum absolute atomic E-state index is 13.9. The highest BCUT2D eigenvalue weighted by atomic mass is 16.6. The lowest BCUT2D eigenvalue weighted by molar-refractivity contribution is -0.145. The van der Waals surface area contributed by atoms with Crippen LogP contribution in [0.1, 0.15) is 43.9 Å². The van der Waals surface area contributed by atoms with Crippen molar-refractivity contribution in [3.8, 4) is 0 Å². The van der Waals surface area contributed by atoms with Gasteiger partial charge in [0.15, 0.2) is 0 Å². The SMILES string of the molecule is COC(=O)[C@H](Cc1ccccc1)NC(=O)[C@H](CC(=O)NO)NC(=O)[C@H](Cc1ccccc1)NCC(O)[C@H](Cc1ccccc1)NC(=O)OC(C)(C)C. The maximum Gasteiger partial charge on any atom is 0.407 e. The smallest absolute Gasteiger partial charge is 0.407 e. The van der Waals surface area contributed by atoms with Gasteiger partial charge in [-0.15, -0.1) is 0 Å². The van der Waals surface area contributed by atoms with E-state index in [1.165, 1.54) is 12.6 Å². The summed E-state index contributed by atoms with van der Waals surface area (Å²) in [5, 5.41) is 31.5. The van der Waals surface area contributed by atoms with Gasteiger partial charge >= 0.3 is 12.1 Å².